The van der Waals surface area contributed by atoms with E-state index in [1.54, 1.807) is 0 Å². The van der Waals surface area contributed by atoms with Gasteiger partial charge in [0.2, 0.25) is 0 Å². The molecule has 2 atom stereocenters. The first-order valence-corrected chi connectivity index (χ1v) is 9.07. The number of benzene rings is 1. The van der Waals surface area contributed by atoms with Gasteiger partial charge in [-0.05, 0) is 38.3 Å². The number of hydrogen-bond acceptors (Lipinski definition) is 3. The third-order valence-corrected chi connectivity index (χ3v) is 4.25. The zero-order chi connectivity index (χ0) is 17.2. The monoisotopic (exact) mass is 481 g/mol. The van der Waals surface area contributed by atoms with Crippen molar-refractivity contribution < 1.29 is 9.47 Å². The molecule has 5 nitrogen and oxygen atoms in total. The van der Waals surface area contributed by atoms with Gasteiger partial charge in [-0.15, -0.1) is 24.0 Å². The normalized spacial score (nSPS) is 18.5. The molecular formula is C18H29ClIN3O2. The first kappa shape index (κ1) is 22.5. The van der Waals surface area contributed by atoms with Gasteiger partial charge in [0, 0.05) is 18.2 Å². The van der Waals surface area contributed by atoms with Crippen LogP contribution in [0.1, 0.15) is 38.3 Å². The summed E-state index contributed by atoms with van der Waals surface area (Å²) < 4.78 is 11.2. The summed E-state index contributed by atoms with van der Waals surface area (Å²) in [7, 11) is 0. The third kappa shape index (κ3) is 8.11. The SMILES string of the molecule is CCNC(=NCCOCC1CCCO1)NC(C)c1ccccc1Cl.I. The van der Waals surface area contributed by atoms with Crippen LogP contribution in [0.3, 0.4) is 0 Å². The second-order valence-corrected chi connectivity index (χ2v) is 6.27. The van der Waals surface area contributed by atoms with Crippen molar-refractivity contribution in [1.82, 2.24) is 10.6 Å². The van der Waals surface area contributed by atoms with Crippen molar-refractivity contribution >= 4 is 41.5 Å². The summed E-state index contributed by atoms with van der Waals surface area (Å²) in [4.78, 5) is 4.56. The van der Waals surface area contributed by atoms with Gasteiger partial charge in [-0.1, -0.05) is 29.8 Å². The summed E-state index contributed by atoms with van der Waals surface area (Å²) in [5.41, 5.74) is 1.06. The molecule has 2 N–H and O–H groups in total. The Labute approximate surface area is 172 Å². The molecule has 2 unspecified atom stereocenters. The number of nitrogens with one attached hydrogen (secondary N) is 2. The molecule has 0 saturated carbocycles. The summed E-state index contributed by atoms with van der Waals surface area (Å²) in [6, 6.07) is 7.92. The molecule has 0 bridgehead atoms. The summed E-state index contributed by atoms with van der Waals surface area (Å²) in [6.45, 7) is 7.65. The lowest BCUT2D eigenvalue weighted by molar-refractivity contribution is 0.0200. The molecule has 1 aliphatic heterocycles. The van der Waals surface area contributed by atoms with Crippen molar-refractivity contribution in [3.63, 3.8) is 0 Å². The van der Waals surface area contributed by atoms with E-state index in [1.165, 1.54) is 0 Å². The van der Waals surface area contributed by atoms with Crippen LogP contribution >= 0.6 is 35.6 Å². The molecule has 1 fully saturated rings. The molecule has 25 heavy (non-hydrogen) atoms. The van der Waals surface area contributed by atoms with Crippen molar-refractivity contribution in [3.8, 4) is 0 Å². The Morgan fingerprint density at radius 3 is 2.92 bits per heavy atom. The average Bonchev–Trinajstić information content (AvgIpc) is 3.08. The molecule has 2 rings (SSSR count). The van der Waals surface area contributed by atoms with Crippen LogP contribution in [0.15, 0.2) is 29.3 Å². The van der Waals surface area contributed by atoms with Gasteiger partial charge in [0.1, 0.15) is 0 Å². The molecular weight excluding hydrogens is 453 g/mol. The van der Waals surface area contributed by atoms with E-state index in [4.69, 9.17) is 21.1 Å². The lowest BCUT2D eigenvalue weighted by Crippen LogP contribution is -2.39. The number of guanidine groups is 1. The lowest BCUT2D eigenvalue weighted by atomic mass is 10.1. The second-order valence-electron chi connectivity index (χ2n) is 5.86. The fourth-order valence-corrected chi connectivity index (χ4v) is 2.94. The van der Waals surface area contributed by atoms with Crippen LogP contribution in [0.2, 0.25) is 5.02 Å². The van der Waals surface area contributed by atoms with Crippen LogP contribution in [0.4, 0.5) is 0 Å². The number of aliphatic imine (C=N–C) groups is 1. The lowest BCUT2D eigenvalue weighted by Gasteiger charge is -2.19. The average molecular weight is 482 g/mol. The predicted octanol–water partition coefficient (Wildman–Crippen LogP) is 3.77. The molecule has 1 aromatic carbocycles. The Morgan fingerprint density at radius 2 is 2.24 bits per heavy atom. The van der Waals surface area contributed by atoms with E-state index in [0.717, 1.165) is 42.5 Å². The zero-order valence-electron chi connectivity index (χ0n) is 15.0. The number of ether oxygens (including phenoxy) is 2. The van der Waals surface area contributed by atoms with Crippen LogP contribution < -0.4 is 10.6 Å². The molecule has 0 amide bonds. The Bertz CT molecular complexity index is 525. The van der Waals surface area contributed by atoms with Crippen LogP contribution in [0.5, 0.6) is 0 Å². The fraction of sp³-hybridized carbons (Fsp3) is 0.611. The van der Waals surface area contributed by atoms with Crippen molar-refractivity contribution in [1.29, 1.82) is 0 Å². The molecule has 0 spiro atoms. The predicted molar refractivity (Wildman–Crippen MR) is 114 cm³/mol. The standard InChI is InChI=1S/C18H28ClN3O2.HI/c1-3-20-18(21-10-12-23-13-15-7-6-11-24-15)22-14(2)16-8-4-5-9-17(16)19;/h4-5,8-9,14-15H,3,6-7,10-13H2,1-2H3,(H2,20,21,22);1H. The van der Waals surface area contributed by atoms with Crippen molar-refractivity contribution in [2.24, 2.45) is 4.99 Å². The van der Waals surface area contributed by atoms with Gasteiger partial charge < -0.3 is 20.1 Å². The topological polar surface area (TPSA) is 54.9 Å². The van der Waals surface area contributed by atoms with Gasteiger partial charge in [0.25, 0.3) is 0 Å². The van der Waals surface area contributed by atoms with Crippen LogP contribution in [-0.2, 0) is 9.47 Å². The molecule has 7 heteroatoms. The van der Waals surface area contributed by atoms with Gasteiger partial charge in [0.15, 0.2) is 5.96 Å². The largest absolute Gasteiger partial charge is 0.377 e. The highest BCUT2D eigenvalue weighted by atomic mass is 127. The van der Waals surface area contributed by atoms with E-state index in [0.29, 0.717) is 19.8 Å². The van der Waals surface area contributed by atoms with E-state index in [1.807, 2.05) is 31.2 Å². The Kier molecular flexibility index (Phi) is 11.4. The van der Waals surface area contributed by atoms with Crippen molar-refractivity contribution in [2.45, 2.75) is 38.8 Å². The first-order chi connectivity index (χ1) is 11.7. The minimum absolute atomic E-state index is 0. The molecule has 1 saturated heterocycles. The van der Waals surface area contributed by atoms with Crippen LogP contribution in [0, 0.1) is 0 Å². The van der Waals surface area contributed by atoms with E-state index < -0.39 is 0 Å². The minimum Gasteiger partial charge on any atom is -0.377 e. The summed E-state index contributed by atoms with van der Waals surface area (Å²) in [6.07, 6.45) is 2.50. The molecule has 1 heterocycles. The number of halogens is 2. The van der Waals surface area contributed by atoms with Gasteiger partial charge in [0.05, 0.1) is 31.9 Å². The van der Waals surface area contributed by atoms with Crippen LogP contribution in [0.25, 0.3) is 0 Å². The molecule has 0 aliphatic carbocycles. The second kappa shape index (κ2) is 12.7. The van der Waals surface area contributed by atoms with Crippen LogP contribution in [-0.4, -0.2) is 45.0 Å². The maximum Gasteiger partial charge on any atom is 0.191 e. The third-order valence-electron chi connectivity index (χ3n) is 3.90. The quantitative estimate of drug-likeness (QED) is 0.257. The van der Waals surface area contributed by atoms with Gasteiger partial charge >= 0.3 is 0 Å². The van der Waals surface area contributed by atoms with E-state index in [2.05, 4.69) is 22.5 Å². The summed E-state index contributed by atoms with van der Waals surface area (Å²) >= 11 is 6.26. The molecule has 1 aliphatic rings. The highest BCUT2D eigenvalue weighted by Gasteiger charge is 2.15. The number of nitrogens with zero attached hydrogens (tertiary/aromatic N) is 1. The van der Waals surface area contributed by atoms with Gasteiger partial charge in [-0.2, -0.15) is 0 Å². The molecule has 0 aromatic heterocycles. The van der Waals surface area contributed by atoms with E-state index in [9.17, 15) is 0 Å². The van der Waals surface area contributed by atoms with Gasteiger partial charge in [-0.3, -0.25) is 4.99 Å². The first-order valence-electron chi connectivity index (χ1n) is 8.69. The highest BCUT2D eigenvalue weighted by Crippen LogP contribution is 2.21. The highest BCUT2D eigenvalue weighted by molar-refractivity contribution is 14.0. The maximum absolute atomic E-state index is 6.26. The Morgan fingerprint density at radius 1 is 1.44 bits per heavy atom. The zero-order valence-corrected chi connectivity index (χ0v) is 18.1. The fourth-order valence-electron chi connectivity index (χ4n) is 2.64. The Hall–Kier alpha value is -0.570. The smallest absolute Gasteiger partial charge is 0.191 e. The molecule has 1 aromatic rings. The summed E-state index contributed by atoms with van der Waals surface area (Å²) in [5, 5.41) is 7.39. The molecule has 0 radical (unpaired) electrons. The van der Waals surface area contributed by atoms with Crippen molar-refractivity contribution in [2.75, 3.05) is 32.9 Å². The molecule has 142 valence electrons. The minimum atomic E-state index is 0. The number of rotatable bonds is 8. The summed E-state index contributed by atoms with van der Waals surface area (Å²) in [5.74, 6) is 0.769. The number of hydrogen-bond donors (Lipinski definition) is 2. The van der Waals surface area contributed by atoms with E-state index in [-0.39, 0.29) is 36.1 Å². The van der Waals surface area contributed by atoms with Gasteiger partial charge in [-0.25, -0.2) is 0 Å². The maximum atomic E-state index is 6.26. The van der Waals surface area contributed by atoms with Crippen molar-refractivity contribution in [3.05, 3.63) is 34.9 Å². The van der Waals surface area contributed by atoms with E-state index >= 15 is 0 Å². The Balaban J connectivity index is 0.00000312.